The molecule has 0 heterocycles. The number of aliphatic carboxylic acids is 1. The van der Waals surface area contributed by atoms with E-state index in [4.69, 9.17) is 9.84 Å². The minimum absolute atomic E-state index is 0.0232. The van der Waals surface area contributed by atoms with Gasteiger partial charge in [0.05, 0.1) is 12.0 Å². The molecule has 29 heavy (non-hydrogen) atoms. The largest absolute Gasteiger partial charge is 0.508 e. The lowest BCUT2D eigenvalue weighted by Gasteiger charge is -2.13. The Morgan fingerprint density at radius 3 is 2.41 bits per heavy atom. The standard InChI is InChI=1S/C22H19NO6/c24-16-6-8-19(15(10-16)11-21(26)27)23-22(28)18-12-17(7-9-20(18)25)29-13-14-4-2-1-3-5-14/h1-10,12,24-25H,11,13H2,(H,23,28)(H,26,27). The third kappa shape index (κ3) is 5.26. The number of carbonyl (C=O) groups excluding carboxylic acids is 1. The highest BCUT2D eigenvalue weighted by atomic mass is 16.5. The van der Waals surface area contributed by atoms with Crippen molar-refractivity contribution in [2.24, 2.45) is 0 Å². The lowest BCUT2D eigenvalue weighted by molar-refractivity contribution is -0.136. The molecule has 0 spiro atoms. The molecule has 1 amide bonds. The smallest absolute Gasteiger partial charge is 0.307 e. The Hall–Kier alpha value is -4.00. The maximum absolute atomic E-state index is 12.6. The van der Waals surface area contributed by atoms with E-state index >= 15 is 0 Å². The molecule has 0 saturated carbocycles. The van der Waals surface area contributed by atoms with Crippen LogP contribution in [-0.2, 0) is 17.8 Å². The fraction of sp³-hybridized carbons (Fsp3) is 0.0909. The number of carboxylic acids is 1. The molecule has 0 radical (unpaired) electrons. The van der Waals surface area contributed by atoms with Gasteiger partial charge in [-0.15, -0.1) is 0 Å². The highest BCUT2D eigenvalue weighted by Gasteiger charge is 2.16. The topological polar surface area (TPSA) is 116 Å². The molecule has 0 aromatic heterocycles. The molecule has 0 bridgehead atoms. The summed E-state index contributed by atoms with van der Waals surface area (Å²) in [6.45, 7) is 0.299. The number of ether oxygens (including phenoxy) is 1. The average Bonchev–Trinajstić information content (AvgIpc) is 2.69. The maximum atomic E-state index is 12.6. The van der Waals surface area contributed by atoms with E-state index in [1.54, 1.807) is 6.07 Å². The molecule has 0 aliphatic heterocycles. The van der Waals surface area contributed by atoms with Gasteiger partial charge in [-0.2, -0.15) is 0 Å². The van der Waals surface area contributed by atoms with E-state index in [1.165, 1.54) is 30.3 Å². The molecule has 3 rings (SSSR count). The van der Waals surface area contributed by atoms with Crippen LogP contribution >= 0.6 is 0 Å². The third-order valence-corrected chi connectivity index (χ3v) is 4.14. The summed E-state index contributed by atoms with van der Waals surface area (Å²) in [5.41, 5.74) is 1.39. The van der Waals surface area contributed by atoms with Crippen LogP contribution in [0, 0.1) is 0 Å². The first-order valence-corrected chi connectivity index (χ1v) is 8.77. The number of carboxylic acid groups (broad SMARTS) is 1. The number of benzene rings is 3. The van der Waals surface area contributed by atoms with Gasteiger partial charge in [-0.1, -0.05) is 30.3 Å². The molecule has 0 fully saturated rings. The number of anilines is 1. The summed E-state index contributed by atoms with van der Waals surface area (Å²) in [4.78, 5) is 23.7. The summed E-state index contributed by atoms with van der Waals surface area (Å²) in [6.07, 6.45) is -0.379. The Morgan fingerprint density at radius 1 is 0.931 bits per heavy atom. The van der Waals surface area contributed by atoms with Gasteiger partial charge in [0.15, 0.2) is 0 Å². The van der Waals surface area contributed by atoms with Crippen molar-refractivity contribution in [1.82, 2.24) is 0 Å². The van der Waals surface area contributed by atoms with Gasteiger partial charge < -0.3 is 25.4 Å². The van der Waals surface area contributed by atoms with Crippen LogP contribution in [-0.4, -0.2) is 27.2 Å². The Bertz CT molecular complexity index is 1030. The molecule has 7 nitrogen and oxygen atoms in total. The van der Waals surface area contributed by atoms with E-state index in [2.05, 4.69) is 5.32 Å². The van der Waals surface area contributed by atoms with Crippen LogP contribution in [0.4, 0.5) is 5.69 Å². The van der Waals surface area contributed by atoms with E-state index in [0.29, 0.717) is 12.4 Å². The molecule has 148 valence electrons. The van der Waals surface area contributed by atoms with Crippen LogP contribution in [0.1, 0.15) is 21.5 Å². The van der Waals surface area contributed by atoms with Gasteiger partial charge in [0.2, 0.25) is 0 Å². The Morgan fingerprint density at radius 2 is 1.69 bits per heavy atom. The normalized spacial score (nSPS) is 10.3. The van der Waals surface area contributed by atoms with Crippen molar-refractivity contribution in [3.8, 4) is 17.2 Å². The zero-order chi connectivity index (χ0) is 20.8. The van der Waals surface area contributed by atoms with Crippen LogP contribution in [0.25, 0.3) is 0 Å². The minimum Gasteiger partial charge on any atom is -0.508 e. The molecule has 4 N–H and O–H groups in total. The number of hydrogen-bond donors (Lipinski definition) is 4. The van der Waals surface area contributed by atoms with Gasteiger partial charge in [-0.25, -0.2) is 0 Å². The summed E-state index contributed by atoms with van der Waals surface area (Å²) in [5.74, 6) is -1.70. The number of aromatic hydroxyl groups is 2. The van der Waals surface area contributed by atoms with Gasteiger partial charge in [-0.3, -0.25) is 9.59 Å². The van der Waals surface area contributed by atoms with Crippen LogP contribution < -0.4 is 10.1 Å². The first-order valence-electron chi connectivity index (χ1n) is 8.77. The van der Waals surface area contributed by atoms with E-state index in [-0.39, 0.29) is 34.7 Å². The predicted octanol–water partition coefficient (Wildman–Crippen LogP) is 3.56. The SMILES string of the molecule is O=C(O)Cc1cc(O)ccc1NC(=O)c1cc(OCc2ccccc2)ccc1O. The minimum atomic E-state index is -1.11. The van der Waals surface area contributed by atoms with E-state index in [0.717, 1.165) is 5.56 Å². The number of rotatable bonds is 7. The molecule has 0 atom stereocenters. The Balaban J connectivity index is 1.78. The number of hydrogen-bond acceptors (Lipinski definition) is 5. The maximum Gasteiger partial charge on any atom is 0.307 e. The van der Waals surface area contributed by atoms with Gasteiger partial charge in [0.25, 0.3) is 5.91 Å². The highest BCUT2D eigenvalue weighted by molar-refractivity contribution is 6.07. The van der Waals surface area contributed by atoms with E-state index in [1.807, 2.05) is 30.3 Å². The summed E-state index contributed by atoms with van der Waals surface area (Å²) < 4.78 is 5.68. The number of carbonyl (C=O) groups is 2. The number of nitrogens with one attached hydrogen (secondary N) is 1. The van der Waals surface area contributed by atoms with Crippen molar-refractivity contribution in [3.63, 3.8) is 0 Å². The molecular weight excluding hydrogens is 374 g/mol. The average molecular weight is 393 g/mol. The van der Waals surface area contributed by atoms with E-state index < -0.39 is 11.9 Å². The molecule has 7 heteroatoms. The van der Waals surface area contributed by atoms with Crippen LogP contribution in [0.3, 0.4) is 0 Å². The lowest BCUT2D eigenvalue weighted by atomic mass is 10.1. The van der Waals surface area contributed by atoms with Crippen molar-refractivity contribution in [2.45, 2.75) is 13.0 Å². The highest BCUT2D eigenvalue weighted by Crippen LogP contribution is 2.27. The third-order valence-electron chi connectivity index (χ3n) is 4.14. The number of amides is 1. The van der Waals surface area contributed by atoms with Crippen molar-refractivity contribution in [3.05, 3.63) is 83.4 Å². The van der Waals surface area contributed by atoms with Gasteiger partial charge in [0, 0.05) is 5.69 Å². The van der Waals surface area contributed by atoms with Crippen molar-refractivity contribution >= 4 is 17.6 Å². The second-order valence-electron chi connectivity index (χ2n) is 6.32. The number of phenols is 2. The Labute approximate surface area is 166 Å². The molecule has 0 aliphatic rings. The molecule has 0 saturated heterocycles. The second kappa shape index (κ2) is 8.79. The molecule has 0 aliphatic carbocycles. The molecule has 3 aromatic carbocycles. The van der Waals surface area contributed by atoms with Crippen molar-refractivity contribution in [2.75, 3.05) is 5.32 Å². The van der Waals surface area contributed by atoms with Crippen molar-refractivity contribution < 1.29 is 29.6 Å². The monoisotopic (exact) mass is 393 g/mol. The first kappa shape index (κ1) is 19.8. The summed E-state index contributed by atoms with van der Waals surface area (Å²) in [7, 11) is 0. The van der Waals surface area contributed by atoms with Gasteiger partial charge in [0.1, 0.15) is 23.9 Å². The Kier molecular flexibility index (Phi) is 5.99. The molecule has 0 unspecified atom stereocenters. The fourth-order valence-corrected chi connectivity index (χ4v) is 2.73. The molecular formula is C22H19NO6. The predicted molar refractivity (Wildman–Crippen MR) is 106 cm³/mol. The van der Waals surface area contributed by atoms with Crippen LogP contribution in [0.5, 0.6) is 17.2 Å². The zero-order valence-electron chi connectivity index (χ0n) is 15.3. The summed E-state index contributed by atoms with van der Waals surface area (Å²) >= 11 is 0. The van der Waals surface area contributed by atoms with E-state index in [9.17, 15) is 19.8 Å². The van der Waals surface area contributed by atoms with Crippen LogP contribution in [0.2, 0.25) is 0 Å². The lowest BCUT2D eigenvalue weighted by Crippen LogP contribution is -2.15. The summed E-state index contributed by atoms with van der Waals surface area (Å²) in [6, 6.07) is 17.8. The first-order chi connectivity index (χ1) is 13.9. The summed E-state index contributed by atoms with van der Waals surface area (Å²) in [5, 5.41) is 31.2. The van der Waals surface area contributed by atoms with Crippen LogP contribution in [0.15, 0.2) is 66.7 Å². The number of phenolic OH excluding ortho intramolecular Hbond substituents is 2. The van der Waals surface area contributed by atoms with Gasteiger partial charge in [-0.05, 0) is 47.5 Å². The van der Waals surface area contributed by atoms with Crippen molar-refractivity contribution in [1.29, 1.82) is 0 Å². The second-order valence-corrected chi connectivity index (χ2v) is 6.32. The quantitative estimate of drug-likeness (QED) is 0.456. The fourth-order valence-electron chi connectivity index (χ4n) is 2.73. The molecule has 3 aromatic rings. The van der Waals surface area contributed by atoms with Gasteiger partial charge >= 0.3 is 5.97 Å². The zero-order valence-corrected chi connectivity index (χ0v) is 15.3.